The molecular weight excluding hydrogens is 270 g/mol. The lowest BCUT2D eigenvalue weighted by atomic mass is 10.1. The number of aldehydes is 1. The first kappa shape index (κ1) is 13.3. The molecule has 0 aliphatic carbocycles. The van der Waals surface area contributed by atoms with Gasteiger partial charge in [0.15, 0.2) is 12.0 Å². The minimum Gasteiger partial charge on any atom is -0.495 e. The van der Waals surface area contributed by atoms with Gasteiger partial charge in [-0.15, -0.1) is 0 Å². The summed E-state index contributed by atoms with van der Waals surface area (Å²) in [6, 6.07) is 7.45. The highest BCUT2D eigenvalue weighted by Crippen LogP contribution is 2.30. The van der Waals surface area contributed by atoms with Crippen molar-refractivity contribution in [3.05, 3.63) is 36.1 Å². The molecule has 6 nitrogen and oxygen atoms in total. The number of sulfonamides is 1. The van der Waals surface area contributed by atoms with Gasteiger partial charge in [-0.3, -0.25) is 4.79 Å². The SMILES string of the molecule is COc1cc(-c2ccc(C=O)o2)ccc1S(N)(=O)=O. The summed E-state index contributed by atoms with van der Waals surface area (Å²) in [5.41, 5.74) is 0.581. The quantitative estimate of drug-likeness (QED) is 0.854. The van der Waals surface area contributed by atoms with Gasteiger partial charge in [-0.05, 0) is 30.3 Å². The Balaban J connectivity index is 2.53. The van der Waals surface area contributed by atoms with E-state index in [0.29, 0.717) is 17.6 Å². The number of carbonyl (C=O) groups excluding carboxylic acids is 1. The Morgan fingerprint density at radius 2 is 2.00 bits per heavy atom. The monoisotopic (exact) mass is 281 g/mol. The van der Waals surface area contributed by atoms with Crippen LogP contribution in [0.4, 0.5) is 0 Å². The molecule has 0 fully saturated rings. The largest absolute Gasteiger partial charge is 0.495 e. The number of carbonyl (C=O) groups is 1. The number of methoxy groups -OCH3 is 1. The van der Waals surface area contributed by atoms with Gasteiger partial charge >= 0.3 is 0 Å². The molecule has 2 aromatic rings. The Labute approximate surface area is 109 Å². The van der Waals surface area contributed by atoms with E-state index in [1.807, 2.05) is 0 Å². The van der Waals surface area contributed by atoms with Gasteiger partial charge in [0, 0.05) is 5.56 Å². The number of primary sulfonamides is 1. The molecule has 0 saturated heterocycles. The van der Waals surface area contributed by atoms with Crippen LogP contribution in [0.15, 0.2) is 39.6 Å². The van der Waals surface area contributed by atoms with Crippen molar-refractivity contribution >= 4 is 16.3 Å². The van der Waals surface area contributed by atoms with Gasteiger partial charge in [-0.1, -0.05) is 0 Å². The van der Waals surface area contributed by atoms with Gasteiger partial charge in [0.25, 0.3) is 0 Å². The summed E-state index contributed by atoms with van der Waals surface area (Å²) in [7, 11) is -2.52. The highest BCUT2D eigenvalue weighted by Gasteiger charge is 2.16. The molecule has 1 aromatic heterocycles. The maximum absolute atomic E-state index is 11.3. The van der Waals surface area contributed by atoms with Gasteiger partial charge < -0.3 is 9.15 Å². The van der Waals surface area contributed by atoms with Crippen LogP contribution in [0.1, 0.15) is 10.6 Å². The second kappa shape index (κ2) is 4.87. The molecule has 1 aromatic carbocycles. The topological polar surface area (TPSA) is 99.6 Å². The third-order valence-corrected chi connectivity index (χ3v) is 3.45. The summed E-state index contributed by atoms with van der Waals surface area (Å²) >= 11 is 0. The van der Waals surface area contributed by atoms with Crippen molar-refractivity contribution in [1.29, 1.82) is 0 Å². The normalized spacial score (nSPS) is 11.3. The molecule has 0 radical (unpaired) electrons. The first-order valence-electron chi connectivity index (χ1n) is 5.22. The molecule has 0 unspecified atom stereocenters. The van der Waals surface area contributed by atoms with E-state index in [-0.39, 0.29) is 16.4 Å². The van der Waals surface area contributed by atoms with Crippen LogP contribution in [-0.2, 0) is 10.0 Å². The van der Waals surface area contributed by atoms with E-state index in [1.165, 1.54) is 31.4 Å². The van der Waals surface area contributed by atoms with Crippen LogP contribution in [0.3, 0.4) is 0 Å². The third-order valence-electron chi connectivity index (χ3n) is 2.50. The molecule has 0 saturated carbocycles. The van der Waals surface area contributed by atoms with Gasteiger partial charge in [-0.2, -0.15) is 0 Å². The lowest BCUT2D eigenvalue weighted by Crippen LogP contribution is -2.13. The molecular formula is C12H11NO5S. The molecule has 0 atom stereocenters. The van der Waals surface area contributed by atoms with Crippen molar-refractivity contribution in [2.45, 2.75) is 4.90 Å². The van der Waals surface area contributed by atoms with Crippen molar-refractivity contribution in [2.75, 3.05) is 7.11 Å². The maximum Gasteiger partial charge on any atom is 0.241 e. The Kier molecular flexibility index (Phi) is 3.41. The second-order valence-electron chi connectivity index (χ2n) is 3.73. The number of rotatable bonds is 4. The van der Waals surface area contributed by atoms with E-state index in [4.69, 9.17) is 14.3 Å². The van der Waals surface area contributed by atoms with Crippen molar-refractivity contribution in [1.82, 2.24) is 0 Å². The first-order valence-corrected chi connectivity index (χ1v) is 6.76. The smallest absolute Gasteiger partial charge is 0.241 e. The zero-order valence-electron chi connectivity index (χ0n) is 9.99. The molecule has 19 heavy (non-hydrogen) atoms. The van der Waals surface area contributed by atoms with Crippen molar-refractivity contribution in [3.63, 3.8) is 0 Å². The van der Waals surface area contributed by atoms with Crippen LogP contribution >= 0.6 is 0 Å². The van der Waals surface area contributed by atoms with Gasteiger partial charge in [0.2, 0.25) is 10.0 Å². The van der Waals surface area contributed by atoms with Crippen LogP contribution in [0.2, 0.25) is 0 Å². The Morgan fingerprint density at radius 3 is 2.53 bits per heavy atom. The summed E-state index contributed by atoms with van der Waals surface area (Å²) < 4.78 is 32.9. The zero-order valence-corrected chi connectivity index (χ0v) is 10.8. The molecule has 7 heteroatoms. The van der Waals surface area contributed by atoms with E-state index in [1.54, 1.807) is 6.07 Å². The molecule has 2 rings (SSSR count). The van der Waals surface area contributed by atoms with Crippen LogP contribution in [0.5, 0.6) is 5.75 Å². The summed E-state index contributed by atoms with van der Waals surface area (Å²) in [5.74, 6) is 0.731. The number of furan rings is 1. The number of hydrogen-bond donors (Lipinski definition) is 1. The summed E-state index contributed by atoms with van der Waals surface area (Å²) in [4.78, 5) is 10.4. The fourth-order valence-corrected chi connectivity index (χ4v) is 2.31. The molecule has 100 valence electrons. The minimum atomic E-state index is -3.86. The van der Waals surface area contributed by atoms with Crippen molar-refractivity contribution in [3.8, 4) is 17.1 Å². The molecule has 0 amide bonds. The van der Waals surface area contributed by atoms with Crippen molar-refractivity contribution < 1.29 is 22.4 Å². The Morgan fingerprint density at radius 1 is 1.26 bits per heavy atom. The van der Waals surface area contributed by atoms with Crippen molar-refractivity contribution in [2.24, 2.45) is 5.14 Å². The summed E-state index contributed by atoms with van der Waals surface area (Å²) in [5, 5.41) is 5.07. The highest BCUT2D eigenvalue weighted by molar-refractivity contribution is 7.89. The minimum absolute atomic E-state index is 0.110. The maximum atomic E-state index is 11.3. The lowest BCUT2D eigenvalue weighted by Gasteiger charge is -2.07. The van der Waals surface area contributed by atoms with Crippen LogP contribution in [0.25, 0.3) is 11.3 Å². The predicted octanol–water partition coefficient (Wildman–Crippen LogP) is 1.42. The highest BCUT2D eigenvalue weighted by atomic mass is 32.2. The molecule has 0 aliphatic rings. The standard InChI is InChI=1S/C12H11NO5S/c1-17-11-6-8(2-5-12(11)19(13,15)16)10-4-3-9(7-14)18-10/h2-7H,1H3,(H2,13,15,16). The summed E-state index contributed by atoms with van der Waals surface area (Å²) in [6.07, 6.45) is 0.583. The molecule has 1 heterocycles. The van der Waals surface area contributed by atoms with Gasteiger partial charge in [0.1, 0.15) is 16.4 Å². The number of ether oxygens (including phenoxy) is 1. The van der Waals surface area contributed by atoms with E-state index in [0.717, 1.165) is 0 Å². The molecule has 0 aliphatic heterocycles. The molecule has 2 N–H and O–H groups in total. The van der Waals surface area contributed by atoms with Crippen LogP contribution in [-0.4, -0.2) is 21.8 Å². The van der Waals surface area contributed by atoms with E-state index < -0.39 is 10.0 Å². The van der Waals surface area contributed by atoms with Gasteiger partial charge in [-0.25, -0.2) is 13.6 Å². The van der Waals surface area contributed by atoms with Gasteiger partial charge in [0.05, 0.1) is 7.11 Å². The third kappa shape index (κ3) is 2.67. The summed E-state index contributed by atoms with van der Waals surface area (Å²) in [6.45, 7) is 0. The number of nitrogens with two attached hydrogens (primary N) is 1. The second-order valence-corrected chi connectivity index (χ2v) is 5.26. The van der Waals surface area contributed by atoms with E-state index in [9.17, 15) is 13.2 Å². The average Bonchev–Trinajstić information content (AvgIpc) is 2.85. The Hall–Kier alpha value is -2.12. The van der Waals surface area contributed by atoms with E-state index >= 15 is 0 Å². The Bertz CT molecular complexity index is 717. The predicted molar refractivity (Wildman–Crippen MR) is 67.5 cm³/mol. The number of hydrogen-bond acceptors (Lipinski definition) is 5. The van der Waals surface area contributed by atoms with Crippen LogP contribution < -0.4 is 9.88 Å². The first-order chi connectivity index (χ1) is 8.95. The zero-order chi connectivity index (χ0) is 14.0. The fraction of sp³-hybridized carbons (Fsp3) is 0.0833. The fourth-order valence-electron chi connectivity index (χ4n) is 1.63. The lowest BCUT2D eigenvalue weighted by molar-refractivity contribution is 0.110. The average molecular weight is 281 g/mol. The number of benzene rings is 1. The van der Waals surface area contributed by atoms with E-state index in [2.05, 4.69) is 0 Å². The molecule has 0 spiro atoms. The van der Waals surface area contributed by atoms with Crippen LogP contribution in [0, 0.1) is 0 Å². The molecule has 0 bridgehead atoms.